The first-order valence-corrected chi connectivity index (χ1v) is 7.50. The zero-order chi connectivity index (χ0) is 13.2. The molecule has 1 N–H and O–H groups in total. The largest absolute Gasteiger partial charge is 0.376 e. The van der Waals surface area contributed by atoms with Crippen LogP contribution >= 0.6 is 15.9 Å². The van der Waals surface area contributed by atoms with Crippen LogP contribution in [-0.2, 0) is 6.42 Å². The maximum atomic E-state index is 4.57. The Morgan fingerprint density at radius 1 is 1.32 bits per heavy atom. The van der Waals surface area contributed by atoms with Crippen LogP contribution in [0, 0.1) is 6.92 Å². The molecule has 1 aromatic heterocycles. The lowest BCUT2D eigenvalue weighted by Crippen LogP contribution is -2.19. The maximum absolute atomic E-state index is 4.57. The predicted molar refractivity (Wildman–Crippen MR) is 82.4 cm³/mol. The second kappa shape index (κ2) is 5.33. The van der Waals surface area contributed by atoms with Crippen molar-refractivity contribution < 1.29 is 0 Å². The smallest absolute Gasteiger partial charge is 0.0688 e. The number of hydrogen-bond donors (Lipinski definition) is 1. The van der Waals surface area contributed by atoms with E-state index in [1.807, 2.05) is 12.3 Å². The lowest BCUT2D eigenvalue weighted by Gasteiger charge is -2.26. The summed E-state index contributed by atoms with van der Waals surface area (Å²) in [4.78, 5) is 4.57. The Kier molecular flexibility index (Phi) is 3.56. The third-order valence-corrected chi connectivity index (χ3v) is 4.21. The summed E-state index contributed by atoms with van der Waals surface area (Å²) in [6.07, 6.45) is 5.43. The molecule has 1 aliphatic rings. The minimum atomic E-state index is 0.338. The molecule has 0 amide bonds. The molecule has 1 aromatic carbocycles. The Bertz CT molecular complexity index is 595. The zero-order valence-corrected chi connectivity index (χ0v) is 12.6. The highest BCUT2D eigenvalue weighted by atomic mass is 79.9. The Balaban J connectivity index is 1.88. The molecule has 19 heavy (non-hydrogen) atoms. The average molecular weight is 317 g/mol. The van der Waals surface area contributed by atoms with E-state index in [0.29, 0.717) is 6.04 Å². The van der Waals surface area contributed by atoms with Crippen molar-refractivity contribution >= 4 is 21.6 Å². The number of halogens is 1. The number of rotatable bonds is 2. The molecule has 0 spiro atoms. The van der Waals surface area contributed by atoms with Gasteiger partial charge in [-0.3, -0.25) is 4.98 Å². The molecule has 1 heterocycles. The van der Waals surface area contributed by atoms with Crippen molar-refractivity contribution in [2.75, 3.05) is 5.32 Å². The van der Waals surface area contributed by atoms with Crippen molar-refractivity contribution in [1.82, 2.24) is 4.98 Å². The minimum Gasteiger partial charge on any atom is -0.376 e. The van der Waals surface area contributed by atoms with Crippen LogP contribution in [0.15, 0.2) is 41.0 Å². The molecule has 2 nitrogen and oxygen atoms in total. The van der Waals surface area contributed by atoms with Gasteiger partial charge in [0.2, 0.25) is 0 Å². The van der Waals surface area contributed by atoms with Gasteiger partial charge in [-0.2, -0.15) is 0 Å². The number of fused-ring (bicyclic) bond motifs is 1. The molecule has 1 atom stereocenters. The number of nitrogens with zero attached hydrogens (tertiary/aromatic N) is 1. The van der Waals surface area contributed by atoms with Crippen LogP contribution in [0.25, 0.3) is 0 Å². The van der Waals surface area contributed by atoms with Crippen molar-refractivity contribution in [3.8, 4) is 0 Å². The van der Waals surface area contributed by atoms with Crippen molar-refractivity contribution in [3.63, 3.8) is 0 Å². The Morgan fingerprint density at radius 3 is 3.05 bits per heavy atom. The number of benzene rings is 1. The summed E-state index contributed by atoms with van der Waals surface area (Å²) in [5, 5.41) is 3.65. The molecule has 2 aromatic rings. The standard InChI is InChI=1S/C16H17BrN2/c1-11-10-13(17)7-8-14(11)19-15-6-2-4-12-5-3-9-18-16(12)15/h3,5,7-10,15,19H,2,4,6H2,1H3. The summed E-state index contributed by atoms with van der Waals surface area (Å²) in [5.74, 6) is 0. The second-order valence-electron chi connectivity index (χ2n) is 5.10. The maximum Gasteiger partial charge on any atom is 0.0688 e. The van der Waals surface area contributed by atoms with Crippen LogP contribution in [0.5, 0.6) is 0 Å². The van der Waals surface area contributed by atoms with E-state index in [1.165, 1.54) is 28.9 Å². The quantitative estimate of drug-likeness (QED) is 0.872. The summed E-state index contributed by atoms with van der Waals surface area (Å²) in [7, 11) is 0. The highest BCUT2D eigenvalue weighted by Crippen LogP contribution is 2.32. The van der Waals surface area contributed by atoms with Crippen LogP contribution in [0.1, 0.15) is 35.7 Å². The monoisotopic (exact) mass is 316 g/mol. The van der Waals surface area contributed by atoms with E-state index in [2.05, 4.69) is 57.4 Å². The first-order valence-electron chi connectivity index (χ1n) is 6.70. The van der Waals surface area contributed by atoms with Crippen molar-refractivity contribution in [2.45, 2.75) is 32.2 Å². The molecule has 1 aliphatic carbocycles. The summed E-state index contributed by atoms with van der Waals surface area (Å²) < 4.78 is 1.12. The highest BCUT2D eigenvalue weighted by Gasteiger charge is 2.21. The molecular weight excluding hydrogens is 300 g/mol. The van der Waals surface area contributed by atoms with Gasteiger partial charge in [-0.15, -0.1) is 0 Å². The fraction of sp³-hybridized carbons (Fsp3) is 0.312. The van der Waals surface area contributed by atoms with E-state index in [0.717, 1.165) is 17.3 Å². The number of nitrogens with one attached hydrogen (secondary N) is 1. The van der Waals surface area contributed by atoms with E-state index in [4.69, 9.17) is 0 Å². The molecule has 0 fully saturated rings. The number of anilines is 1. The van der Waals surface area contributed by atoms with Gasteiger partial charge in [0.15, 0.2) is 0 Å². The SMILES string of the molecule is Cc1cc(Br)ccc1NC1CCCc2cccnc21. The highest BCUT2D eigenvalue weighted by molar-refractivity contribution is 9.10. The van der Waals surface area contributed by atoms with E-state index < -0.39 is 0 Å². The molecule has 3 rings (SSSR count). The van der Waals surface area contributed by atoms with Crippen molar-refractivity contribution in [2.24, 2.45) is 0 Å². The summed E-state index contributed by atoms with van der Waals surface area (Å²) in [5.41, 5.74) is 5.07. The molecule has 1 unspecified atom stereocenters. The summed E-state index contributed by atoms with van der Waals surface area (Å²) in [6, 6.07) is 10.9. The molecule has 0 aliphatic heterocycles. The van der Waals surface area contributed by atoms with Gasteiger partial charge >= 0.3 is 0 Å². The van der Waals surface area contributed by atoms with E-state index >= 15 is 0 Å². The first-order chi connectivity index (χ1) is 9.24. The predicted octanol–water partition coefficient (Wildman–Crippen LogP) is 4.64. The molecule has 3 heteroatoms. The number of pyridine rings is 1. The Morgan fingerprint density at radius 2 is 2.21 bits per heavy atom. The van der Waals surface area contributed by atoms with E-state index in [9.17, 15) is 0 Å². The van der Waals surface area contributed by atoms with Crippen LogP contribution < -0.4 is 5.32 Å². The van der Waals surface area contributed by atoms with Crippen molar-refractivity contribution in [3.05, 3.63) is 57.8 Å². The first kappa shape index (κ1) is 12.7. The lowest BCUT2D eigenvalue weighted by atomic mass is 9.91. The van der Waals surface area contributed by atoms with Gasteiger partial charge < -0.3 is 5.32 Å². The van der Waals surface area contributed by atoms with Gasteiger partial charge in [0.1, 0.15) is 0 Å². The molecular formula is C16H17BrN2. The third kappa shape index (κ3) is 2.66. The molecule has 0 saturated heterocycles. The summed E-state index contributed by atoms with van der Waals surface area (Å²) >= 11 is 3.51. The van der Waals surface area contributed by atoms with Crippen LogP contribution in [0.4, 0.5) is 5.69 Å². The van der Waals surface area contributed by atoms with Crippen LogP contribution in [0.3, 0.4) is 0 Å². The zero-order valence-electron chi connectivity index (χ0n) is 11.0. The minimum absolute atomic E-state index is 0.338. The molecule has 98 valence electrons. The van der Waals surface area contributed by atoms with Crippen molar-refractivity contribution in [1.29, 1.82) is 0 Å². The third-order valence-electron chi connectivity index (χ3n) is 3.71. The number of aryl methyl sites for hydroxylation is 2. The normalized spacial score (nSPS) is 17.9. The van der Waals surface area contributed by atoms with E-state index in [-0.39, 0.29) is 0 Å². The van der Waals surface area contributed by atoms with Gasteiger partial charge in [0, 0.05) is 16.4 Å². The summed E-state index contributed by atoms with van der Waals surface area (Å²) in [6.45, 7) is 2.13. The van der Waals surface area contributed by atoms with Gasteiger partial charge in [-0.1, -0.05) is 22.0 Å². The second-order valence-corrected chi connectivity index (χ2v) is 6.01. The van der Waals surface area contributed by atoms with Crippen LogP contribution in [0.2, 0.25) is 0 Å². The van der Waals surface area contributed by atoms with Gasteiger partial charge in [0.25, 0.3) is 0 Å². The van der Waals surface area contributed by atoms with Gasteiger partial charge in [-0.25, -0.2) is 0 Å². The Labute approximate surface area is 122 Å². The van der Waals surface area contributed by atoms with Gasteiger partial charge in [-0.05, 0) is 61.6 Å². The van der Waals surface area contributed by atoms with Crippen LogP contribution in [-0.4, -0.2) is 4.98 Å². The van der Waals surface area contributed by atoms with E-state index in [1.54, 1.807) is 0 Å². The van der Waals surface area contributed by atoms with Gasteiger partial charge in [0.05, 0.1) is 11.7 Å². The average Bonchev–Trinajstić information content (AvgIpc) is 2.42. The number of aromatic nitrogens is 1. The Hall–Kier alpha value is -1.35. The lowest BCUT2D eigenvalue weighted by molar-refractivity contribution is 0.583. The molecule has 0 bridgehead atoms. The fourth-order valence-electron chi connectivity index (χ4n) is 2.73. The topological polar surface area (TPSA) is 24.9 Å². The fourth-order valence-corrected chi connectivity index (χ4v) is 3.20. The molecule has 0 radical (unpaired) electrons. The number of hydrogen-bond acceptors (Lipinski definition) is 2. The molecule has 0 saturated carbocycles.